The molecule has 0 saturated carbocycles. The molecule has 2 aromatic carbocycles. The van der Waals surface area contributed by atoms with Crippen LogP contribution in [-0.4, -0.2) is 20.1 Å². The zero-order chi connectivity index (χ0) is 18.4. The normalized spacial score (nSPS) is 10.5. The molecule has 0 spiro atoms. The number of amides is 1. The van der Waals surface area contributed by atoms with Gasteiger partial charge < -0.3 is 20.1 Å². The molecule has 2 N–H and O–H groups in total. The Kier molecular flexibility index (Phi) is 6.70. The fraction of sp³-hybridized carbons (Fsp3) is 0.316. The first kappa shape index (κ1) is 19.1. The van der Waals surface area contributed by atoms with Crippen LogP contribution in [0.5, 0.6) is 11.5 Å². The monoisotopic (exact) mass is 406 g/mol. The molecule has 25 heavy (non-hydrogen) atoms. The summed E-state index contributed by atoms with van der Waals surface area (Å²) in [5.74, 6) is 1.34. The molecule has 0 fully saturated rings. The molecule has 134 valence electrons. The number of hydrogen-bond donors (Lipinski definition) is 2. The maximum absolute atomic E-state index is 11.7. The number of carbonyl (C=O) groups excluding carboxylic acids is 1. The molecule has 2 rings (SSSR count). The van der Waals surface area contributed by atoms with Crippen LogP contribution in [0.25, 0.3) is 0 Å². The average Bonchev–Trinajstić information content (AvgIpc) is 2.61. The minimum Gasteiger partial charge on any atom is -0.493 e. The molecule has 5 nitrogen and oxygen atoms in total. The summed E-state index contributed by atoms with van der Waals surface area (Å²) in [6, 6.07) is 11.5. The van der Waals surface area contributed by atoms with E-state index in [2.05, 4.69) is 26.6 Å². The Bertz CT molecular complexity index is 730. The number of nitrogens with one attached hydrogen (secondary N) is 2. The Morgan fingerprint density at radius 1 is 1.04 bits per heavy atom. The Morgan fingerprint density at radius 2 is 1.60 bits per heavy atom. The molecule has 0 atom stereocenters. The largest absolute Gasteiger partial charge is 0.493 e. The van der Waals surface area contributed by atoms with Gasteiger partial charge in [0, 0.05) is 28.3 Å². The van der Waals surface area contributed by atoms with Crippen LogP contribution < -0.4 is 20.1 Å². The van der Waals surface area contributed by atoms with Gasteiger partial charge in [-0.1, -0.05) is 29.8 Å². The third-order valence-corrected chi connectivity index (χ3v) is 4.45. The highest BCUT2D eigenvalue weighted by Crippen LogP contribution is 2.33. The standard InChI is InChI=1S/C19H23BrN2O3/c1-12(2)19(23)22-15-7-5-14(6-8-15)21-11-13-9-17(24-3)18(25-4)10-16(13)20/h5-10,12,21H,11H2,1-4H3,(H,22,23). The van der Waals surface area contributed by atoms with Crippen molar-refractivity contribution in [1.29, 1.82) is 0 Å². The highest BCUT2D eigenvalue weighted by atomic mass is 79.9. The van der Waals surface area contributed by atoms with Crippen LogP contribution in [0.1, 0.15) is 19.4 Å². The number of ether oxygens (including phenoxy) is 2. The van der Waals surface area contributed by atoms with Gasteiger partial charge in [-0.3, -0.25) is 4.79 Å². The number of rotatable bonds is 7. The van der Waals surface area contributed by atoms with Crippen molar-refractivity contribution in [1.82, 2.24) is 0 Å². The summed E-state index contributed by atoms with van der Waals surface area (Å²) in [5.41, 5.74) is 2.80. The van der Waals surface area contributed by atoms with Crippen LogP contribution in [-0.2, 0) is 11.3 Å². The summed E-state index contributed by atoms with van der Waals surface area (Å²) >= 11 is 3.55. The van der Waals surface area contributed by atoms with Gasteiger partial charge in [0.15, 0.2) is 11.5 Å². The molecule has 0 unspecified atom stereocenters. The van der Waals surface area contributed by atoms with Gasteiger partial charge in [0.1, 0.15) is 0 Å². The van der Waals surface area contributed by atoms with E-state index in [9.17, 15) is 4.79 Å². The highest BCUT2D eigenvalue weighted by molar-refractivity contribution is 9.10. The smallest absolute Gasteiger partial charge is 0.226 e. The summed E-state index contributed by atoms with van der Waals surface area (Å²) in [6.45, 7) is 4.36. The summed E-state index contributed by atoms with van der Waals surface area (Å²) in [7, 11) is 3.23. The molecule has 0 aliphatic carbocycles. The van der Waals surface area contributed by atoms with Crippen LogP contribution in [0.4, 0.5) is 11.4 Å². The molecule has 0 radical (unpaired) electrons. The number of hydrogen-bond acceptors (Lipinski definition) is 4. The van der Waals surface area contributed by atoms with E-state index in [1.54, 1.807) is 14.2 Å². The van der Waals surface area contributed by atoms with Crippen molar-refractivity contribution >= 4 is 33.2 Å². The molecular weight excluding hydrogens is 384 g/mol. The van der Waals surface area contributed by atoms with E-state index in [1.807, 2.05) is 50.2 Å². The third-order valence-electron chi connectivity index (χ3n) is 3.71. The molecule has 0 aliphatic rings. The Hall–Kier alpha value is -2.21. The zero-order valence-corrected chi connectivity index (χ0v) is 16.4. The molecule has 0 aromatic heterocycles. The fourth-order valence-electron chi connectivity index (χ4n) is 2.19. The molecule has 0 bridgehead atoms. The van der Waals surface area contributed by atoms with Crippen LogP contribution in [0.2, 0.25) is 0 Å². The quantitative estimate of drug-likeness (QED) is 0.700. The maximum Gasteiger partial charge on any atom is 0.226 e. The number of benzene rings is 2. The number of halogens is 1. The van der Waals surface area contributed by atoms with Gasteiger partial charge in [-0.15, -0.1) is 0 Å². The van der Waals surface area contributed by atoms with Gasteiger partial charge in [-0.25, -0.2) is 0 Å². The van der Waals surface area contributed by atoms with Crippen LogP contribution >= 0.6 is 15.9 Å². The van der Waals surface area contributed by atoms with Crippen molar-refractivity contribution in [2.24, 2.45) is 5.92 Å². The number of methoxy groups -OCH3 is 2. The zero-order valence-electron chi connectivity index (χ0n) is 14.9. The molecule has 1 amide bonds. The summed E-state index contributed by atoms with van der Waals surface area (Å²) in [5, 5.41) is 6.23. The molecule has 6 heteroatoms. The van der Waals surface area contributed by atoms with Gasteiger partial charge in [0.25, 0.3) is 0 Å². The van der Waals surface area contributed by atoms with E-state index in [4.69, 9.17) is 9.47 Å². The van der Waals surface area contributed by atoms with Crippen molar-refractivity contribution in [3.8, 4) is 11.5 Å². The average molecular weight is 407 g/mol. The molecule has 0 aliphatic heterocycles. The predicted molar refractivity (Wildman–Crippen MR) is 104 cm³/mol. The highest BCUT2D eigenvalue weighted by Gasteiger charge is 2.10. The second-order valence-corrected chi connectivity index (χ2v) is 6.73. The van der Waals surface area contributed by atoms with Gasteiger partial charge in [0.05, 0.1) is 14.2 Å². The predicted octanol–water partition coefficient (Wildman–Crippen LogP) is 4.67. The molecule has 0 saturated heterocycles. The topological polar surface area (TPSA) is 59.6 Å². The maximum atomic E-state index is 11.7. The van der Waals surface area contributed by atoms with E-state index in [1.165, 1.54) is 0 Å². The summed E-state index contributed by atoms with van der Waals surface area (Å²) in [4.78, 5) is 11.7. The Labute approximate surface area is 156 Å². The first-order chi connectivity index (χ1) is 11.9. The van der Waals surface area contributed by atoms with Crippen molar-refractivity contribution in [3.63, 3.8) is 0 Å². The second-order valence-electron chi connectivity index (χ2n) is 5.87. The van der Waals surface area contributed by atoms with E-state index in [0.29, 0.717) is 18.0 Å². The van der Waals surface area contributed by atoms with Crippen molar-refractivity contribution in [3.05, 3.63) is 46.4 Å². The Balaban J connectivity index is 2.03. The van der Waals surface area contributed by atoms with Crippen molar-refractivity contribution < 1.29 is 14.3 Å². The van der Waals surface area contributed by atoms with Gasteiger partial charge in [-0.05, 0) is 42.0 Å². The van der Waals surface area contributed by atoms with Crippen molar-refractivity contribution in [2.45, 2.75) is 20.4 Å². The number of anilines is 2. The fourth-order valence-corrected chi connectivity index (χ4v) is 2.65. The lowest BCUT2D eigenvalue weighted by Gasteiger charge is -2.13. The summed E-state index contributed by atoms with van der Waals surface area (Å²) in [6.07, 6.45) is 0. The van der Waals surface area contributed by atoms with Gasteiger partial charge >= 0.3 is 0 Å². The second kappa shape index (κ2) is 8.76. The minimum absolute atomic E-state index is 0.00923. The van der Waals surface area contributed by atoms with Crippen LogP contribution in [0.3, 0.4) is 0 Å². The number of carbonyl (C=O) groups is 1. The van der Waals surface area contributed by atoms with Gasteiger partial charge in [0.2, 0.25) is 5.91 Å². The lowest BCUT2D eigenvalue weighted by atomic mass is 10.2. The third kappa shape index (κ3) is 5.13. The van der Waals surface area contributed by atoms with Crippen molar-refractivity contribution in [2.75, 3.05) is 24.9 Å². The van der Waals surface area contributed by atoms with Gasteiger partial charge in [-0.2, -0.15) is 0 Å². The van der Waals surface area contributed by atoms with E-state index in [-0.39, 0.29) is 11.8 Å². The molecule has 2 aromatic rings. The molecular formula is C19H23BrN2O3. The first-order valence-corrected chi connectivity index (χ1v) is 8.79. The minimum atomic E-state index is -0.0415. The lowest BCUT2D eigenvalue weighted by molar-refractivity contribution is -0.118. The van der Waals surface area contributed by atoms with E-state index >= 15 is 0 Å². The Morgan fingerprint density at radius 3 is 2.16 bits per heavy atom. The van der Waals surface area contributed by atoms with Crippen LogP contribution in [0, 0.1) is 5.92 Å². The van der Waals surface area contributed by atoms with E-state index < -0.39 is 0 Å². The first-order valence-electron chi connectivity index (χ1n) is 7.99. The molecule has 0 heterocycles. The van der Waals surface area contributed by atoms with Crippen LogP contribution in [0.15, 0.2) is 40.9 Å². The lowest BCUT2D eigenvalue weighted by Crippen LogP contribution is -2.17. The SMILES string of the molecule is COc1cc(Br)c(CNc2ccc(NC(=O)C(C)C)cc2)cc1OC. The summed E-state index contributed by atoms with van der Waals surface area (Å²) < 4.78 is 11.6. The van der Waals surface area contributed by atoms with E-state index in [0.717, 1.165) is 21.4 Å².